The van der Waals surface area contributed by atoms with E-state index in [0.29, 0.717) is 12.0 Å². The SMILES string of the molecule is N#CCC=Cc1cccc(C#N)c1. The third-order valence-electron chi connectivity index (χ3n) is 1.54. The monoisotopic (exact) mass is 168 g/mol. The van der Waals surface area contributed by atoms with E-state index in [9.17, 15) is 0 Å². The average Bonchev–Trinajstić information content (AvgIpc) is 2.19. The highest BCUT2D eigenvalue weighted by Gasteiger charge is 1.89. The zero-order valence-electron chi connectivity index (χ0n) is 7.07. The van der Waals surface area contributed by atoms with Gasteiger partial charge in [-0.15, -0.1) is 0 Å². The molecule has 0 heterocycles. The fourth-order valence-electron chi connectivity index (χ4n) is 0.960. The largest absolute Gasteiger partial charge is 0.198 e. The molecule has 0 unspecified atom stereocenters. The molecule has 0 saturated carbocycles. The predicted molar refractivity (Wildman–Crippen MR) is 50.4 cm³/mol. The molecule has 1 aromatic carbocycles. The number of nitrogens with zero attached hydrogens (tertiary/aromatic N) is 2. The third kappa shape index (κ3) is 2.81. The summed E-state index contributed by atoms with van der Waals surface area (Å²) >= 11 is 0. The lowest BCUT2D eigenvalue weighted by atomic mass is 10.1. The number of hydrogen-bond donors (Lipinski definition) is 0. The van der Waals surface area contributed by atoms with Crippen LogP contribution in [0.25, 0.3) is 6.08 Å². The van der Waals surface area contributed by atoms with Gasteiger partial charge in [0.05, 0.1) is 24.1 Å². The second-order valence-corrected chi connectivity index (χ2v) is 2.50. The van der Waals surface area contributed by atoms with Crippen LogP contribution in [0.15, 0.2) is 30.3 Å². The van der Waals surface area contributed by atoms with Gasteiger partial charge in [-0.25, -0.2) is 0 Å². The average molecular weight is 168 g/mol. The van der Waals surface area contributed by atoms with Crippen molar-refractivity contribution in [2.75, 3.05) is 0 Å². The third-order valence-corrected chi connectivity index (χ3v) is 1.54. The first-order valence-electron chi connectivity index (χ1n) is 3.90. The van der Waals surface area contributed by atoms with E-state index in [-0.39, 0.29) is 0 Å². The molecule has 0 spiro atoms. The van der Waals surface area contributed by atoms with Crippen molar-refractivity contribution in [2.24, 2.45) is 0 Å². The van der Waals surface area contributed by atoms with Crippen LogP contribution in [0.1, 0.15) is 17.5 Å². The minimum absolute atomic E-state index is 0.400. The molecule has 1 aromatic rings. The van der Waals surface area contributed by atoms with Crippen LogP contribution in [-0.4, -0.2) is 0 Å². The van der Waals surface area contributed by atoms with Gasteiger partial charge in [0.1, 0.15) is 0 Å². The highest BCUT2D eigenvalue weighted by atomic mass is 14.2. The maximum absolute atomic E-state index is 8.61. The van der Waals surface area contributed by atoms with Crippen molar-refractivity contribution in [2.45, 2.75) is 6.42 Å². The van der Waals surface area contributed by atoms with E-state index >= 15 is 0 Å². The molecular weight excluding hydrogens is 160 g/mol. The van der Waals surface area contributed by atoms with E-state index in [1.54, 1.807) is 18.2 Å². The summed E-state index contributed by atoms with van der Waals surface area (Å²) < 4.78 is 0. The van der Waals surface area contributed by atoms with Crippen LogP contribution < -0.4 is 0 Å². The van der Waals surface area contributed by atoms with Crippen molar-refractivity contribution >= 4 is 6.08 Å². The summed E-state index contributed by atoms with van der Waals surface area (Å²) in [6.07, 6.45) is 4.01. The minimum atomic E-state index is 0.400. The molecule has 0 amide bonds. The lowest BCUT2D eigenvalue weighted by Gasteiger charge is -1.92. The van der Waals surface area contributed by atoms with Gasteiger partial charge in [-0.05, 0) is 17.7 Å². The zero-order chi connectivity index (χ0) is 9.52. The Balaban J connectivity index is 2.80. The molecule has 0 aliphatic rings. The Hall–Kier alpha value is -2.06. The van der Waals surface area contributed by atoms with Gasteiger partial charge < -0.3 is 0 Å². The van der Waals surface area contributed by atoms with Crippen LogP contribution in [0.4, 0.5) is 0 Å². The van der Waals surface area contributed by atoms with Gasteiger partial charge in [0.15, 0.2) is 0 Å². The summed E-state index contributed by atoms with van der Waals surface area (Å²) in [5, 5.41) is 16.9. The summed E-state index contributed by atoms with van der Waals surface area (Å²) in [7, 11) is 0. The Labute approximate surface area is 77.4 Å². The highest BCUT2D eigenvalue weighted by Crippen LogP contribution is 2.06. The van der Waals surface area contributed by atoms with Crippen LogP contribution in [0.3, 0.4) is 0 Å². The van der Waals surface area contributed by atoms with Gasteiger partial charge in [0.2, 0.25) is 0 Å². The van der Waals surface area contributed by atoms with E-state index < -0.39 is 0 Å². The van der Waals surface area contributed by atoms with Crippen molar-refractivity contribution in [3.63, 3.8) is 0 Å². The molecule has 0 aliphatic carbocycles. The molecule has 0 saturated heterocycles. The molecule has 0 N–H and O–H groups in total. The molecular formula is C11H8N2. The van der Waals surface area contributed by atoms with Crippen LogP contribution >= 0.6 is 0 Å². The van der Waals surface area contributed by atoms with Crippen LogP contribution in [0, 0.1) is 22.7 Å². The first kappa shape index (κ1) is 9.03. The van der Waals surface area contributed by atoms with E-state index in [2.05, 4.69) is 6.07 Å². The molecule has 0 bridgehead atoms. The Morgan fingerprint density at radius 3 is 2.85 bits per heavy atom. The number of hydrogen-bond acceptors (Lipinski definition) is 2. The second kappa shape index (κ2) is 4.74. The number of nitriles is 2. The van der Waals surface area contributed by atoms with Gasteiger partial charge in [-0.2, -0.15) is 10.5 Å². The predicted octanol–water partition coefficient (Wildman–Crippen LogP) is 2.49. The quantitative estimate of drug-likeness (QED) is 0.681. The van der Waals surface area contributed by atoms with Crippen molar-refractivity contribution in [3.8, 4) is 12.1 Å². The summed E-state index contributed by atoms with van der Waals surface area (Å²) in [6, 6.07) is 11.3. The highest BCUT2D eigenvalue weighted by molar-refractivity contribution is 5.52. The standard InChI is InChI=1S/C11H8N2/c12-7-2-1-4-10-5-3-6-11(8-10)9-13/h1,3-6,8H,2H2. The fourth-order valence-corrected chi connectivity index (χ4v) is 0.960. The van der Waals surface area contributed by atoms with Crippen molar-refractivity contribution in [3.05, 3.63) is 41.5 Å². The van der Waals surface area contributed by atoms with E-state index in [0.717, 1.165) is 5.56 Å². The van der Waals surface area contributed by atoms with Crippen molar-refractivity contribution < 1.29 is 0 Å². The summed E-state index contributed by atoms with van der Waals surface area (Å²) in [5.41, 5.74) is 1.59. The van der Waals surface area contributed by atoms with Crippen molar-refractivity contribution in [1.29, 1.82) is 10.5 Å². The van der Waals surface area contributed by atoms with Crippen LogP contribution in [0.2, 0.25) is 0 Å². The normalized spacial score (nSPS) is 9.38. The summed E-state index contributed by atoms with van der Waals surface area (Å²) in [4.78, 5) is 0. The van der Waals surface area contributed by atoms with E-state index in [4.69, 9.17) is 10.5 Å². The Morgan fingerprint density at radius 1 is 1.31 bits per heavy atom. The maximum atomic E-state index is 8.61. The minimum Gasteiger partial charge on any atom is -0.198 e. The number of allylic oxidation sites excluding steroid dienone is 1. The molecule has 0 fully saturated rings. The molecule has 0 atom stereocenters. The van der Waals surface area contributed by atoms with Crippen LogP contribution in [0.5, 0.6) is 0 Å². The Bertz CT molecular complexity index is 391. The molecule has 1 rings (SSSR count). The lowest BCUT2D eigenvalue weighted by molar-refractivity contribution is 1.36. The first-order chi connectivity index (χ1) is 6.36. The van der Waals surface area contributed by atoms with Crippen molar-refractivity contribution in [1.82, 2.24) is 0 Å². The van der Waals surface area contributed by atoms with E-state index in [1.807, 2.05) is 24.3 Å². The Kier molecular flexibility index (Phi) is 3.30. The summed E-state index contributed by atoms with van der Waals surface area (Å²) in [6.45, 7) is 0. The smallest absolute Gasteiger partial charge is 0.0991 e. The van der Waals surface area contributed by atoms with Gasteiger partial charge in [0.25, 0.3) is 0 Å². The van der Waals surface area contributed by atoms with Gasteiger partial charge in [-0.1, -0.05) is 24.3 Å². The molecule has 0 aromatic heterocycles. The topological polar surface area (TPSA) is 47.6 Å². The zero-order valence-corrected chi connectivity index (χ0v) is 7.07. The molecule has 13 heavy (non-hydrogen) atoms. The van der Waals surface area contributed by atoms with Gasteiger partial charge in [0, 0.05) is 0 Å². The van der Waals surface area contributed by atoms with Gasteiger partial charge >= 0.3 is 0 Å². The van der Waals surface area contributed by atoms with E-state index in [1.165, 1.54) is 0 Å². The maximum Gasteiger partial charge on any atom is 0.0991 e. The first-order valence-corrected chi connectivity index (χ1v) is 3.90. The molecule has 0 aliphatic heterocycles. The van der Waals surface area contributed by atoms with Gasteiger partial charge in [-0.3, -0.25) is 0 Å². The molecule has 62 valence electrons. The number of benzene rings is 1. The molecule has 0 radical (unpaired) electrons. The summed E-state index contributed by atoms with van der Waals surface area (Å²) in [5.74, 6) is 0. The molecule has 2 heteroatoms. The molecule has 2 nitrogen and oxygen atoms in total. The van der Waals surface area contributed by atoms with Crippen LogP contribution in [-0.2, 0) is 0 Å². The lowest BCUT2D eigenvalue weighted by Crippen LogP contribution is -1.75. The fraction of sp³-hybridized carbons (Fsp3) is 0.0909. The second-order valence-electron chi connectivity index (χ2n) is 2.50. The Morgan fingerprint density at radius 2 is 2.15 bits per heavy atom. The number of rotatable bonds is 2.